The van der Waals surface area contributed by atoms with E-state index in [9.17, 15) is 4.79 Å². The highest BCUT2D eigenvalue weighted by Gasteiger charge is 2.10. The Kier molecular flexibility index (Phi) is 3.98. The molecular formula is C22H16N6O. The van der Waals surface area contributed by atoms with Crippen molar-refractivity contribution >= 4 is 28.1 Å². The number of carbonyl (C=O) groups is 1. The summed E-state index contributed by atoms with van der Waals surface area (Å²) in [5.74, 6) is 0.458. The summed E-state index contributed by atoms with van der Waals surface area (Å²) in [4.78, 5) is 17.1. The topological polar surface area (TPSA) is 85.1 Å². The summed E-state index contributed by atoms with van der Waals surface area (Å²) in [5, 5.41) is 16.6. The van der Waals surface area contributed by atoms with Gasteiger partial charge >= 0.3 is 0 Å². The molecule has 0 aliphatic heterocycles. The molecule has 0 aliphatic carbocycles. The molecule has 5 rings (SSSR count). The zero-order chi connectivity index (χ0) is 19.8. The van der Waals surface area contributed by atoms with Crippen LogP contribution in [0.25, 0.3) is 27.8 Å². The number of para-hydroxylation sites is 1. The number of fused-ring (bicyclic) bond motifs is 2. The zero-order valence-corrected chi connectivity index (χ0v) is 15.6. The molecule has 1 amide bonds. The number of nitrogens with zero attached hydrogens (tertiary/aromatic N) is 5. The quantitative estimate of drug-likeness (QED) is 0.513. The van der Waals surface area contributed by atoms with Crippen molar-refractivity contribution < 1.29 is 4.79 Å². The maximum Gasteiger partial charge on any atom is 0.274 e. The highest BCUT2D eigenvalue weighted by Crippen LogP contribution is 2.22. The minimum Gasteiger partial charge on any atom is -0.321 e. The van der Waals surface area contributed by atoms with E-state index in [1.165, 1.54) is 0 Å². The molecular weight excluding hydrogens is 364 g/mol. The van der Waals surface area contributed by atoms with Gasteiger partial charge in [-0.05, 0) is 43.3 Å². The third kappa shape index (κ3) is 3.19. The van der Waals surface area contributed by atoms with Crippen molar-refractivity contribution in [1.82, 2.24) is 24.8 Å². The van der Waals surface area contributed by atoms with Gasteiger partial charge in [0.1, 0.15) is 5.69 Å². The summed E-state index contributed by atoms with van der Waals surface area (Å²) in [6.45, 7) is 1.85. The molecule has 2 aromatic carbocycles. The summed E-state index contributed by atoms with van der Waals surface area (Å²) in [6.07, 6.45) is 0. The molecule has 1 N–H and O–H groups in total. The average Bonchev–Trinajstić information content (AvgIpc) is 3.14. The van der Waals surface area contributed by atoms with E-state index in [-0.39, 0.29) is 5.91 Å². The summed E-state index contributed by atoms with van der Waals surface area (Å²) < 4.78 is 1.69. The van der Waals surface area contributed by atoms with Crippen molar-refractivity contribution in [3.05, 3.63) is 84.3 Å². The standard InChI is InChI=1S/C22H16N6O/c1-14-25-26-21-12-11-19(27-28(14)21)16-6-4-7-17(13-16)23-22(29)20-10-9-15-5-2-3-8-18(15)24-20/h2-13H,1H3,(H,23,29). The van der Waals surface area contributed by atoms with Crippen molar-refractivity contribution in [2.24, 2.45) is 0 Å². The second-order valence-corrected chi connectivity index (χ2v) is 6.66. The smallest absolute Gasteiger partial charge is 0.274 e. The lowest BCUT2D eigenvalue weighted by Crippen LogP contribution is -2.13. The highest BCUT2D eigenvalue weighted by atomic mass is 16.1. The van der Waals surface area contributed by atoms with E-state index in [2.05, 4.69) is 25.6 Å². The fourth-order valence-electron chi connectivity index (χ4n) is 3.19. The molecule has 7 heteroatoms. The van der Waals surface area contributed by atoms with E-state index < -0.39 is 0 Å². The molecule has 7 nitrogen and oxygen atoms in total. The molecule has 0 fully saturated rings. The monoisotopic (exact) mass is 380 g/mol. The van der Waals surface area contributed by atoms with Gasteiger partial charge in [-0.15, -0.1) is 10.2 Å². The Morgan fingerprint density at radius 1 is 0.931 bits per heavy atom. The number of aromatic nitrogens is 5. The number of pyridine rings is 1. The molecule has 3 aromatic heterocycles. The van der Waals surface area contributed by atoms with E-state index in [0.717, 1.165) is 22.2 Å². The highest BCUT2D eigenvalue weighted by molar-refractivity contribution is 6.04. The summed E-state index contributed by atoms with van der Waals surface area (Å²) in [5.41, 5.74) is 4.16. The van der Waals surface area contributed by atoms with Crippen LogP contribution >= 0.6 is 0 Å². The number of amides is 1. The number of anilines is 1. The number of aryl methyl sites for hydroxylation is 1. The summed E-state index contributed by atoms with van der Waals surface area (Å²) in [7, 11) is 0. The fourth-order valence-corrected chi connectivity index (χ4v) is 3.19. The molecule has 0 atom stereocenters. The molecule has 0 saturated carbocycles. The van der Waals surface area contributed by atoms with Gasteiger partial charge in [-0.1, -0.05) is 36.4 Å². The molecule has 0 bridgehead atoms. The van der Waals surface area contributed by atoms with Gasteiger partial charge in [0.2, 0.25) is 0 Å². The minimum atomic E-state index is -0.258. The van der Waals surface area contributed by atoms with Crippen molar-refractivity contribution in [2.45, 2.75) is 6.92 Å². The Labute approximate surface area is 166 Å². The van der Waals surface area contributed by atoms with Crippen LogP contribution in [-0.4, -0.2) is 30.7 Å². The maximum absolute atomic E-state index is 12.7. The first kappa shape index (κ1) is 17.0. The predicted molar refractivity (Wildman–Crippen MR) is 111 cm³/mol. The van der Waals surface area contributed by atoms with Gasteiger partial charge in [0.25, 0.3) is 5.91 Å². The van der Waals surface area contributed by atoms with Crippen molar-refractivity contribution in [1.29, 1.82) is 0 Å². The Balaban J connectivity index is 1.44. The van der Waals surface area contributed by atoms with E-state index in [4.69, 9.17) is 0 Å². The molecule has 0 aliphatic rings. The van der Waals surface area contributed by atoms with E-state index in [1.807, 2.05) is 73.7 Å². The zero-order valence-electron chi connectivity index (χ0n) is 15.6. The Morgan fingerprint density at radius 2 is 1.83 bits per heavy atom. The van der Waals surface area contributed by atoms with Crippen LogP contribution in [0.15, 0.2) is 72.8 Å². The van der Waals surface area contributed by atoms with Crippen LogP contribution in [0.2, 0.25) is 0 Å². The largest absolute Gasteiger partial charge is 0.321 e. The number of hydrogen-bond donors (Lipinski definition) is 1. The molecule has 0 saturated heterocycles. The van der Waals surface area contributed by atoms with Crippen molar-refractivity contribution in [2.75, 3.05) is 5.32 Å². The molecule has 5 aromatic rings. The van der Waals surface area contributed by atoms with E-state index >= 15 is 0 Å². The molecule has 0 radical (unpaired) electrons. The van der Waals surface area contributed by atoms with Crippen LogP contribution in [0.5, 0.6) is 0 Å². The first-order valence-corrected chi connectivity index (χ1v) is 9.14. The van der Waals surface area contributed by atoms with Crippen LogP contribution in [0, 0.1) is 6.92 Å². The number of hydrogen-bond acceptors (Lipinski definition) is 5. The summed E-state index contributed by atoms with van der Waals surface area (Å²) >= 11 is 0. The summed E-state index contributed by atoms with van der Waals surface area (Å²) in [6, 6.07) is 22.6. The lowest BCUT2D eigenvalue weighted by molar-refractivity contribution is 0.102. The van der Waals surface area contributed by atoms with Crippen molar-refractivity contribution in [3.63, 3.8) is 0 Å². The first-order valence-electron chi connectivity index (χ1n) is 9.14. The molecule has 29 heavy (non-hydrogen) atoms. The first-order chi connectivity index (χ1) is 14.2. The van der Waals surface area contributed by atoms with E-state index in [0.29, 0.717) is 22.9 Å². The van der Waals surface area contributed by atoms with Crippen molar-refractivity contribution in [3.8, 4) is 11.3 Å². The molecule has 0 unspecified atom stereocenters. The third-order valence-corrected chi connectivity index (χ3v) is 4.67. The third-order valence-electron chi connectivity index (χ3n) is 4.67. The predicted octanol–water partition coefficient (Wildman–Crippen LogP) is 3.90. The van der Waals surface area contributed by atoms with Crippen LogP contribution in [0.1, 0.15) is 16.3 Å². The fraction of sp³-hybridized carbons (Fsp3) is 0.0455. The number of benzene rings is 2. The SMILES string of the molecule is Cc1nnc2ccc(-c3cccc(NC(=O)c4ccc5ccccc5n4)c3)nn12. The van der Waals surface area contributed by atoms with Crippen LogP contribution < -0.4 is 5.32 Å². The Hall–Kier alpha value is -4.13. The van der Waals surface area contributed by atoms with Gasteiger partial charge in [0, 0.05) is 16.6 Å². The lowest BCUT2D eigenvalue weighted by Gasteiger charge is -2.08. The Bertz CT molecular complexity index is 1370. The van der Waals surface area contributed by atoms with Gasteiger partial charge in [-0.25, -0.2) is 4.98 Å². The minimum absolute atomic E-state index is 0.258. The Morgan fingerprint density at radius 3 is 2.76 bits per heavy atom. The van der Waals surface area contributed by atoms with Gasteiger partial charge in [0.15, 0.2) is 11.5 Å². The lowest BCUT2D eigenvalue weighted by atomic mass is 10.1. The average molecular weight is 380 g/mol. The maximum atomic E-state index is 12.7. The number of nitrogens with one attached hydrogen (secondary N) is 1. The van der Waals surface area contributed by atoms with Gasteiger partial charge in [0.05, 0.1) is 11.2 Å². The second-order valence-electron chi connectivity index (χ2n) is 6.66. The molecule has 3 heterocycles. The molecule has 140 valence electrons. The van der Waals surface area contributed by atoms with Crippen LogP contribution in [0.4, 0.5) is 5.69 Å². The van der Waals surface area contributed by atoms with Crippen LogP contribution in [-0.2, 0) is 0 Å². The van der Waals surface area contributed by atoms with Gasteiger partial charge < -0.3 is 5.32 Å². The van der Waals surface area contributed by atoms with Gasteiger partial charge in [-0.3, -0.25) is 4.79 Å². The van der Waals surface area contributed by atoms with Crippen LogP contribution in [0.3, 0.4) is 0 Å². The second kappa shape index (κ2) is 6.79. The van der Waals surface area contributed by atoms with E-state index in [1.54, 1.807) is 10.6 Å². The van der Waals surface area contributed by atoms with Gasteiger partial charge in [-0.2, -0.15) is 9.61 Å². The number of rotatable bonds is 3. The number of carbonyl (C=O) groups excluding carboxylic acids is 1. The molecule has 0 spiro atoms. The normalized spacial score (nSPS) is 11.1.